The van der Waals surface area contributed by atoms with Gasteiger partial charge in [-0.3, -0.25) is 0 Å². The van der Waals surface area contributed by atoms with Crippen molar-refractivity contribution in [3.63, 3.8) is 0 Å². The summed E-state index contributed by atoms with van der Waals surface area (Å²) in [5.41, 5.74) is 3.53. The van der Waals surface area contributed by atoms with E-state index in [0.29, 0.717) is 5.95 Å². The van der Waals surface area contributed by atoms with Crippen LogP contribution in [0.5, 0.6) is 0 Å². The monoisotopic (exact) mass is 279 g/mol. The lowest BCUT2D eigenvalue weighted by Crippen LogP contribution is -1.99. The van der Waals surface area contributed by atoms with Crippen molar-refractivity contribution in [3.05, 3.63) is 72.2 Å². The lowest BCUT2D eigenvalue weighted by Gasteiger charge is -2.09. The molecule has 0 radical (unpaired) electrons. The minimum atomic E-state index is -0.256. The zero-order valence-electron chi connectivity index (χ0n) is 11.5. The molecule has 2 aromatic carbocycles. The number of benzene rings is 2. The van der Waals surface area contributed by atoms with E-state index in [1.165, 1.54) is 12.1 Å². The quantitative estimate of drug-likeness (QED) is 0.775. The van der Waals surface area contributed by atoms with Crippen LogP contribution in [0.4, 0.5) is 16.0 Å². The Labute approximate surface area is 122 Å². The number of anilines is 2. The molecule has 4 heteroatoms. The highest BCUT2D eigenvalue weighted by molar-refractivity contribution is 5.65. The van der Waals surface area contributed by atoms with Crippen molar-refractivity contribution in [1.29, 1.82) is 0 Å². The first kappa shape index (κ1) is 13.2. The maximum absolute atomic E-state index is 13.0. The minimum Gasteiger partial charge on any atom is -0.324 e. The van der Waals surface area contributed by atoms with Gasteiger partial charge in [0.15, 0.2) is 0 Å². The van der Waals surface area contributed by atoms with Crippen LogP contribution in [0, 0.1) is 12.7 Å². The molecule has 0 bridgehead atoms. The molecule has 3 aromatic rings. The van der Waals surface area contributed by atoms with E-state index in [2.05, 4.69) is 15.3 Å². The number of para-hydroxylation sites is 1. The van der Waals surface area contributed by atoms with Gasteiger partial charge < -0.3 is 5.32 Å². The summed E-state index contributed by atoms with van der Waals surface area (Å²) in [4.78, 5) is 8.80. The number of nitrogens with one attached hydrogen (secondary N) is 1. The van der Waals surface area contributed by atoms with Crippen LogP contribution in [0.25, 0.3) is 11.3 Å². The zero-order valence-corrected chi connectivity index (χ0v) is 11.5. The van der Waals surface area contributed by atoms with Crippen LogP contribution in [0.1, 0.15) is 5.56 Å². The molecular formula is C17H14FN3. The van der Waals surface area contributed by atoms with Crippen LogP contribution in [0.15, 0.2) is 60.8 Å². The predicted molar refractivity (Wildman–Crippen MR) is 81.9 cm³/mol. The van der Waals surface area contributed by atoms with Crippen molar-refractivity contribution in [2.75, 3.05) is 5.32 Å². The van der Waals surface area contributed by atoms with Gasteiger partial charge in [-0.25, -0.2) is 14.4 Å². The number of aromatic nitrogens is 2. The van der Waals surface area contributed by atoms with Gasteiger partial charge in [0.05, 0.1) is 5.69 Å². The van der Waals surface area contributed by atoms with E-state index in [-0.39, 0.29) is 5.82 Å². The molecule has 0 fully saturated rings. The summed E-state index contributed by atoms with van der Waals surface area (Å²) in [6.45, 7) is 1.94. The normalized spacial score (nSPS) is 10.4. The van der Waals surface area contributed by atoms with Crippen LogP contribution in [-0.4, -0.2) is 9.97 Å². The van der Waals surface area contributed by atoms with Crippen LogP contribution in [-0.2, 0) is 0 Å². The highest BCUT2D eigenvalue weighted by atomic mass is 19.1. The average Bonchev–Trinajstić information content (AvgIpc) is 2.51. The van der Waals surface area contributed by atoms with Crippen molar-refractivity contribution in [2.24, 2.45) is 0 Å². The van der Waals surface area contributed by atoms with Gasteiger partial charge in [0.2, 0.25) is 5.95 Å². The second-order valence-electron chi connectivity index (χ2n) is 4.72. The third-order valence-corrected chi connectivity index (χ3v) is 3.12. The minimum absolute atomic E-state index is 0.256. The van der Waals surface area contributed by atoms with E-state index in [1.54, 1.807) is 18.3 Å². The second kappa shape index (κ2) is 5.71. The first-order valence-corrected chi connectivity index (χ1v) is 6.64. The van der Waals surface area contributed by atoms with Gasteiger partial charge in [-0.05, 0) is 48.9 Å². The molecule has 0 atom stereocenters. The van der Waals surface area contributed by atoms with E-state index in [4.69, 9.17) is 0 Å². The SMILES string of the molecule is Cc1cnc(Nc2ccccc2)nc1-c1ccc(F)cc1. The van der Waals surface area contributed by atoms with Gasteiger partial charge in [-0.2, -0.15) is 0 Å². The number of hydrogen-bond acceptors (Lipinski definition) is 3. The van der Waals surface area contributed by atoms with Crippen molar-refractivity contribution < 1.29 is 4.39 Å². The van der Waals surface area contributed by atoms with Crippen LogP contribution in [0.2, 0.25) is 0 Å². The third kappa shape index (κ3) is 3.05. The van der Waals surface area contributed by atoms with Gasteiger partial charge in [0.1, 0.15) is 5.82 Å². The Morgan fingerprint density at radius 2 is 1.67 bits per heavy atom. The summed E-state index contributed by atoms with van der Waals surface area (Å²) in [5, 5.41) is 3.16. The van der Waals surface area contributed by atoms with Gasteiger partial charge in [-0.1, -0.05) is 18.2 Å². The van der Waals surface area contributed by atoms with E-state index in [1.807, 2.05) is 37.3 Å². The van der Waals surface area contributed by atoms with Crippen LogP contribution >= 0.6 is 0 Å². The van der Waals surface area contributed by atoms with E-state index >= 15 is 0 Å². The first-order valence-electron chi connectivity index (χ1n) is 6.64. The summed E-state index contributed by atoms with van der Waals surface area (Å²) in [7, 11) is 0. The van der Waals surface area contributed by atoms with Gasteiger partial charge in [-0.15, -0.1) is 0 Å². The Bertz CT molecular complexity index is 740. The lowest BCUT2D eigenvalue weighted by molar-refractivity contribution is 0.628. The summed E-state index contributed by atoms with van der Waals surface area (Å²) >= 11 is 0. The fourth-order valence-electron chi connectivity index (χ4n) is 2.05. The molecule has 21 heavy (non-hydrogen) atoms. The maximum atomic E-state index is 13.0. The van der Waals surface area contributed by atoms with Crippen LogP contribution in [0.3, 0.4) is 0 Å². The van der Waals surface area contributed by atoms with E-state index in [9.17, 15) is 4.39 Å². The standard InChI is InChI=1S/C17H14FN3/c1-12-11-19-17(20-15-5-3-2-4-6-15)21-16(12)13-7-9-14(18)10-8-13/h2-11H,1H3,(H,19,20,21). The van der Waals surface area contributed by atoms with Crippen LogP contribution < -0.4 is 5.32 Å². The average molecular weight is 279 g/mol. The highest BCUT2D eigenvalue weighted by Gasteiger charge is 2.07. The van der Waals surface area contributed by atoms with Crippen molar-refractivity contribution in [2.45, 2.75) is 6.92 Å². The van der Waals surface area contributed by atoms with Crippen molar-refractivity contribution in [3.8, 4) is 11.3 Å². The summed E-state index contributed by atoms with van der Waals surface area (Å²) in [6.07, 6.45) is 1.76. The molecule has 0 aliphatic rings. The van der Waals surface area contributed by atoms with Gasteiger partial charge in [0, 0.05) is 17.4 Å². The Morgan fingerprint density at radius 3 is 2.38 bits per heavy atom. The molecule has 0 unspecified atom stereocenters. The van der Waals surface area contributed by atoms with E-state index < -0.39 is 0 Å². The molecule has 3 nitrogen and oxygen atoms in total. The predicted octanol–water partition coefficient (Wildman–Crippen LogP) is 4.33. The fraction of sp³-hybridized carbons (Fsp3) is 0.0588. The maximum Gasteiger partial charge on any atom is 0.227 e. The first-order chi connectivity index (χ1) is 10.2. The number of aryl methyl sites for hydroxylation is 1. The molecule has 0 aliphatic heterocycles. The number of rotatable bonds is 3. The largest absolute Gasteiger partial charge is 0.324 e. The Balaban J connectivity index is 1.94. The van der Waals surface area contributed by atoms with Gasteiger partial charge in [0.25, 0.3) is 0 Å². The molecule has 1 aromatic heterocycles. The molecule has 0 spiro atoms. The Kier molecular flexibility index (Phi) is 3.60. The smallest absolute Gasteiger partial charge is 0.227 e. The Morgan fingerprint density at radius 1 is 0.952 bits per heavy atom. The summed E-state index contributed by atoms with van der Waals surface area (Å²) < 4.78 is 13.0. The van der Waals surface area contributed by atoms with E-state index in [0.717, 1.165) is 22.5 Å². The highest BCUT2D eigenvalue weighted by Crippen LogP contribution is 2.23. The molecule has 0 saturated heterocycles. The van der Waals surface area contributed by atoms with Gasteiger partial charge >= 0.3 is 0 Å². The summed E-state index contributed by atoms with van der Waals surface area (Å²) in [5.74, 6) is 0.263. The number of nitrogens with zero attached hydrogens (tertiary/aromatic N) is 2. The molecule has 0 saturated carbocycles. The molecule has 3 rings (SSSR count). The fourth-order valence-corrected chi connectivity index (χ4v) is 2.05. The lowest BCUT2D eigenvalue weighted by atomic mass is 10.1. The molecule has 1 N–H and O–H groups in total. The Hall–Kier alpha value is -2.75. The molecule has 0 amide bonds. The molecule has 0 aliphatic carbocycles. The number of hydrogen-bond donors (Lipinski definition) is 1. The zero-order chi connectivity index (χ0) is 14.7. The second-order valence-corrected chi connectivity index (χ2v) is 4.72. The van der Waals surface area contributed by atoms with Crippen molar-refractivity contribution >= 4 is 11.6 Å². The number of halogens is 1. The topological polar surface area (TPSA) is 37.8 Å². The molecular weight excluding hydrogens is 265 g/mol. The molecule has 1 heterocycles. The van der Waals surface area contributed by atoms with Crippen molar-refractivity contribution in [1.82, 2.24) is 9.97 Å². The molecule has 104 valence electrons. The third-order valence-electron chi connectivity index (χ3n) is 3.12. The summed E-state index contributed by atoms with van der Waals surface area (Å²) in [6, 6.07) is 16.0.